The van der Waals surface area contributed by atoms with Crippen LogP contribution in [0, 0.1) is 5.92 Å². The number of nitrogens with zero attached hydrogens (tertiary/aromatic N) is 1. The first kappa shape index (κ1) is 13.4. The van der Waals surface area contributed by atoms with Crippen molar-refractivity contribution in [3.05, 3.63) is 34.9 Å². The highest BCUT2D eigenvalue weighted by molar-refractivity contribution is 6.30. The molecule has 4 heteroatoms. The van der Waals surface area contributed by atoms with Crippen molar-refractivity contribution in [2.24, 2.45) is 11.7 Å². The summed E-state index contributed by atoms with van der Waals surface area (Å²) in [5, 5.41) is 0.732. The molecule has 1 fully saturated rings. The molecular formula is C14H19ClN2O. The van der Waals surface area contributed by atoms with Crippen molar-refractivity contribution in [1.29, 1.82) is 0 Å². The smallest absolute Gasteiger partial charge is 0.222 e. The molecular weight excluding hydrogens is 248 g/mol. The van der Waals surface area contributed by atoms with E-state index in [1.165, 1.54) is 0 Å². The van der Waals surface area contributed by atoms with Gasteiger partial charge in [0.1, 0.15) is 0 Å². The van der Waals surface area contributed by atoms with Gasteiger partial charge in [-0.05, 0) is 43.0 Å². The third kappa shape index (κ3) is 3.47. The number of aryl methyl sites for hydroxylation is 1. The predicted octanol–water partition coefficient (Wildman–Crippen LogP) is 2.08. The van der Waals surface area contributed by atoms with E-state index in [2.05, 4.69) is 0 Å². The Morgan fingerprint density at radius 1 is 1.39 bits per heavy atom. The molecule has 1 atom stereocenters. The van der Waals surface area contributed by atoms with E-state index in [0.717, 1.165) is 36.5 Å². The van der Waals surface area contributed by atoms with E-state index in [1.807, 2.05) is 29.2 Å². The van der Waals surface area contributed by atoms with Crippen LogP contribution < -0.4 is 5.73 Å². The van der Waals surface area contributed by atoms with Crippen molar-refractivity contribution in [1.82, 2.24) is 4.90 Å². The fourth-order valence-electron chi connectivity index (χ4n) is 2.31. The summed E-state index contributed by atoms with van der Waals surface area (Å²) in [6.07, 6.45) is 2.39. The average molecular weight is 267 g/mol. The molecule has 0 radical (unpaired) electrons. The van der Waals surface area contributed by atoms with Gasteiger partial charge in [-0.25, -0.2) is 0 Å². The summed E-state index contributed by atoms with van der Waals surface area (Å²) in [7, 11) is 0. The molecule has 2 N–H and O–H groups in total. The number of likely N-dealkylation sites (tertiary alicyclic amines) is 1. The number of carbonyl (C=O) groups excluding carboxylic acids is 1. The van der Waals surface area contributed by atoms with Crippen molar-refractivity contribution >= 4 is 17.5 Å². The van der Waals surface area contributed by atoms with Gasteiger partial charge in [0.25, 0.3) is 0 Å². The SMILES string of the molecule is NCC1CCN(C(=O)CCc2ccc(Cl)cc2)C1. The molecule has 1 aromatic carbocycles. The largest absolute Gasteiger partial charge is 0.342 e. The lowest BCUT2D eigenvalue weighted by Crippen LogP contribution is -2.29. The fraction of sp³-hybridized carbons (Fsp3) is 0.500. The van der Waals surface area contributed by atoms with Gasteiger partial charge >= 0.3 is 0 Å². The van der Waals surface area contributed by atoms with Gasteiger partial charge in [-0.2, -0.15) is 0 Å². The van der Waals surface area contributed by atoms with Crippen LogP contribution in [0.3, 0.4) is 0 Å². The Labute approximate surface area is 113 Å². The molecule has 3 nitrogen and oxygen atoms in total. The van der Waals surface area contributed by atoms with Crippen LogP contribution in [0.4, 0.5) is 0 Å². The Morgan fingerprint density at radius 3 is 2.72 bits per heavy atom. The van der Waals surface area contributed by atoms with Gasteiger partial charge < -0.3 is 10.6 Å². The molecule has 1 unspecified atom stereocenters. The number of rotatable bonds is 4. The summed E-state index contributed by atoms with van der Waals surface area (Å²) in [4.78, 5) is 13.9. The van der Waals surface area contributed by atoms with Crippen LogP contribution in [0.1, 0.15) is 18.4 Å². The standard InChI is InChI=1S/C14H19ClN2O/c15-13-4-1-11(2-5-13)3-6-14(18)17-8-7-12(9-16)10-17/h1-2,4-5,12H,3,6-10,16H2. The van der Waals surface area contributed by atoms with Crippen molar-refractivity contribution in [3.8, 4) is 0 Å². The van der Waals surface area contributed by atoms with E-state index in [9.17, 15) is 4.79 Å². The van der Waals surface area contributed by atoms with Crippen molar-refractivity contribution in [2.75, 3.05) is 19.6 Å². The van der Waals surface area contributed by atoms with Crippen LogP contribution in [0.5, 0.6) is 0 Å². The quantitative estimate of drug-likeness (QED) is 0.907. The zero-order valence-electron chi connectivity index (χ0n) is 10.4. The van der Waals surface area contributed by atoms with E-state index in [1.54, 1.807) is 0 Å². The van der Waals surface area contributed by atoms with Gasteiger partial charge in [0, 0.05) is 24.5 Å². The summed E-state index contributed by atoms with van der Waals surface area (Å²) in [6.45, 7) is 2.37. The minimum Gasteiger partial charge on any atom is -0.342 e. The number of benzene rings is 1. The first-order chi connectivity index (χ1) is 8.69. The maximum absolute atomic E-state index is 12.0. The zero-order valence-corrected chi connectivity index (χ0v) is 11.2. The lowest BCUT2D eigenvalue weighted by molar-refractivity contribution is -0.130. The highest BCUT2D eigenvalue weighted by atomic mass is 35.5. The Kier molecular flexibility index (Phi) is 4.61. The number of hydrogen-bond acceptors (Lipinski definition) is 2. The van der Waals surface area contributed by atoms with Crippen LogP contribution in [-0.4, -0.2) is 30.4 Å². The monoisotopic (exact) mass is 266 g/mol. The Morgan fingerprint density at radius 2 is 2.11 bits per heavy atom. The minimum atomic E-state index is 0.237. The highest BCUT2D eigenvalue weighted by Gasteiger charge is 2.24. The molecule has 98 valence electrons. The summed E-state index contributed by atoms with van der Waals surface area (Å²) < 4.78 is 0. The fourth-order valence-corrected chi connectivity index (χ4v) is 2.44. The first-order valence-corrected chi connectivity index (χ1v) is 6.79. The van der Waals surface area contributed by atoms with Crippen LogP contribution in [-0.2, 0) is 11.2 Å². The lowest BCUT2D eigenvalue weighted by Gasteiger charge is -2.16. The summed E-state index contributed by atoms with van der Waals surface area (Å²) in [5.41, 5.74) is 6.78. The second kappa shape index (κ2) is 6.21. The van der Waals surface area contributed by atoms with Gasteiger partial charge in [0.15, 0.2) is 0 Å². The second-order valence-corrected chi connectivity index (χ2v) is 5.29. The van der Waals surface area contributed by atoms with Gasteiger partial charge in [-0.3, -0.25) is 4.79 Å². The molecule has 18 heavy (non-hydrogen) atoms. The Balaban J connectivity index is 1.80. The number of halogens is 1. The molecule has 2 rings (SSSR count). The summed E-state index contributed by atoms with van der Waals surface area (Å²) in [5.74, 6) is 0.727. The highest BCUT2D eigenvalue weighted by Crippen LogP contribution is 2.17. The van der Waals surface area contributed by atoms with Gasteiger partial charge in [-0.1, -0.05) is 23.7 Å². The van der Waals surface area contributed by atoms with Gasteiger partial charge in [0.2, 0.25) is 5.91 Å². The molecule has 1 heterocycles. The molecule has 1 aromatic rings. The van der Waals surface area contributed by atoms with Crippen LogP contribution in [0.2, 0.25) is 5.02 Å². The van der Waals surface area contributed by atoms with E-state index in [4.69, 9.17) is 17.3 Å². The molecule has 0 bridgehead atoms. The molecule has 1 amide bonds. The van der Waals surface area contributed by atoms with E-state index < -0.39 is 0 Å². The maximum atomic E-state index is 12.0. The van der Waals surface area contributed by atoms with E-state index in [0.29, 0.717) is 18.9 Å². The molecule has 0 saturated carbocycles. The van der Waals surface area contributed by atoms with E-state index >= 15 is 0 Å². The predicted molar refractivity (Wildman–Crippen MR) is 73.5 cm³/mol. The number of amides is 1. The average Bonchev–Trinajstić information content (AvgIpc) is 2.86. The van der Waals surface area contributed by atoms with Gasteiger partial charge in [0.05, 0.1) is 0 Å². The molecule has 0 aliphatic carbocycles. The third-order valence-corrected chi connectivity index (χ3v) is 3.76. The second-order valence-electron chi connectivity index (χ2n) is 4.86. The lowest BCUT2D eigenvalue weighted by atomic mass is 10.1. The Hall–Kier alpha value is -1.06. The first-order valence-electron chi connectivity index (χ1n) is 6.41. The third-order valence-electron chi connectivity index (χ3n) is 3.51. The topological polar surface area (TPSA) is 46.3 Å². The van der Waals surface area contributed by atoms with Crippen LogP contribution >= 0.6 is 11.6 Å². The van der Waals surface area contributed by atoms with Crippen molar-refractivity contribution in [2.45, 2.75) is 19.3 Å². The molecule has 0 aromatic heterocycles. The van der Waals surface area contributed by atoms with Gasteiger partial charge in [-0.15, -0.1) is 0 Å². The van der Waals surface area contributed by atoms with Crippen molar-refractivity contribution < 1.29 is 4.79 Å². The number of carbonyl (C=O) groups is 1. The summed E-state index contributed by atoms with van der Waals surface area (Å²) in [6, 6.07) is 7.67. The maximum Gasteiger partial charge on any atom is 0.222 e. The molecule has 1 aliphatic heterocycles. The summed E-state index contributed by atoms with van der Waals surface area (Å²) >= 11 is 5.82. The molecule has 0 spiro atoms. The normalized spacial score (nSPS) is 19.2. The molecule has 1 saturated heterocycles. The number of nitrogens with two attached hydrogens (primary N) is 1. The zero-order chi connectivity index (χ0) is 13.0. The van der Waals surface area contributed by atoms with Crippen LogP contribution in [0.25, 0.3) is 0 Å². The van der Waals surface area contributed by atoms with Crippen LogP contribution in [0.15, 0.2) is 24.3 Å². The van der Waals surface area contributed by atoms with E-state index in [-0.39, 0.29) is 5.91 Å². The van der Waals surface area contributed by atoms with Crippen molar-refractivity contribution in [3.63, 3.8) is 0 Å². The molecule has 1 aliphatic rings. The minimum absolute atomic E-state index is 0.237. The number of hydrogen-bond donors (Lipinski definition) is 1. The Bertz CT molecular complexity index is 405.